The van der Waals surface area contributed by atoms with E-state index in [9.17, 15) is 13.2 Å². The summed E-state index contributed by atoms with van der Waals surface area (Å²) >= 11 is 5.98. The number of nitrogens with zero attached hydrogens (tertiary/aromatic N) is 1. The Morgan fingerprint density at radius 1 is 1.20 bits per heavy atom. The van der Waals surface area contributed by atoms with Crippen molar-refractivity contribution in [3.05, 3.63) is 53.1 Å². The Hall–Kier alpha value is -2.58. The molecule has 0 spiro atoms. The zero-order valence-corrected chi connectivity index (χ0v) is 18.9. The molecule has 1 aliphatic rings. The highest BCUT2D eigenvalue weighted by Crippen LogP contribution is 2.40. The van der Waals surface area contributed by atoms with Crippen molar-refractivity contribution in [1.29, 1.82) is 0 Å². The highest BCUT2D eigenvalue weighted by Gasteiger charge is 2.23. The van der Waals surface area contributed by atoms with Crippen molar-refractivity contribution in [1.82, 2.24) is 0 Å². The number of hydrogen-bond acceptors (Lipinski definition) is 5. The molecule has 0 unspecified atom stereocenters. The van der Waals surface area contributed by atoms with Gasteiger partial charge >= 0.3 is 6.03 Å². The summed E-state index contributed by atoms with van der Waals surface area (Å²) in [6.45, 7) is 5.34. The fourth-order valence-electron chi connectivity index (χ4n) is 2.55. The molecule has 0 atom stereocenters. The van der Waals surface area contributed by atoms with Gasteiger partial charge in [-0.15, -0.1) is 0 Å². The van der Waals surface area contributed by atoms with Crippen molar-refractivity contribution in [3.8, 4) is 11.5 Å². The molecule has 0 bridgehead atoms. The van der Waals surface area contributed by atoms with E-state index in [-0.39, 0.29) is 5.75 Å². The summed E-state index contributed by atoms with van der Waals surface area (Å²) in [6, 6.07) is 12.1. The molecule has 3 rings (SSSR count). The van der Waals surface area contributed by atoms with Gasteiger partial charge in [-0.3, -0.25) is 4.90 Å². The van der Waals surface area contributed by atoms with E-state index in [4.69, 9.17) is 26.9 Å². The Kier molecular flexibility index (Phi) is 10.3. The molecule has 164 valence electrons. The predicted molar refractivity (Wildman–Crippen MR) is 120 cm³/mol. The molecule has 2 aromatic carbocycles. The van der Waals surface area contributed by atoms with Gasteiger partial charge in [0.1, 0.15) is 21.9 Å². The molecule has 2 amide bonds. The number of primary amides is 1. The average molecular weight is 455 g/mol. The predicted octanol–water partition coefficient (Wildman–Crippen LogP) is 4.57. The van der Waals surface area contributed by atoms with E-state index in [1.165, 1.54) is 11.8 Å². The average Bonchev–Trinajstić information content (AvgIpc) is 2.86. The summed E-state index contributed by atoms with van der Waals surface area (Å²) in [5.74, 6) is 1.90. The van der Waals surface area contributed by atoms with Crippen LogP contribution in [0.5, 0.6) is 11.5 Å². The lowest BCUT2D eigenvalue weighted by molar-refractivity contribution is -0.106. The first-order valence-corrected chi connectivity index (χ1v) is 11.6. The minimum Gasteiger partial charge on any atom is -0.455 e. The van der Waals surface area contributed by atoms with Crippen LogP contribution in [0.15, 0.2) is 42.5 Å². The SMILES string of the molecule is CC=O.CCCS(=O)(=O)CC.NC(=O)N1Cc2ccccc2Oc2ccc(Cl)cc21. The number of carbonyl (C=O) groups is 2. The number of amides is 2. The monoisotopic (exact) mass is 454 g/mol. The summed E-state index contributed by atoms with van der Waals surface area (Å²) in [5, 5.41) is 0.527. The third-order valence-electron chi connectivity index (χ3n) is 3.95. The maximum Gasteiger partial charge on any atom is 0.319 e. The molecule has 0 aromatic heterocycles. The number of anilines is 1. The normalized spacial score (nSPS) is 11.8. The summed E-state index contributed by atoms with van der Waals surface area (Å²) < 4.78 is 27.0. The largest absolute Gasteiger partial charge is 0.455 e. The maximum atomic E-state index is 11.6. The Morgan fingerprint density at radius 2 is 1.83 bits per heavy atom. The van der Waals surface area contributed by atoms with Crippen LogP contribution < -0.4 is 15.4 Å². The van der Waals surface area contributed by atoms with E-state index >= 15 is 0 Å². The topological polar surface area (TPSA) is 107 Å². The fourth-order valence-corrected chi connectivity index (χ4v) is 3.62. The van der Waals surface area contributed by atoms with Crippen molar-refractivity contribution in [3.63, 3.8) is 0 Å². The van der Waals surface area contributed by atoms with Gasteiger partial charge in [0.05, 0.1) is 12.2 Å². The second kappa shape index (κ2) is 12.2. The summed E-state index contributed by atoms with van der Waals surface area (Å²) in [6.07, 6.45) is 1.48. The van der Waals surface area contributed by atoms with Gasteiger partial charge in [-0.1, -0.05) is 43.6 Å². The number of carbonyl (C=O) groups excluding carboxylic acids is 2. The molecule has 0 saturated carbocycles. The van der Waals surface area contributed by atoms with Crippen molar-refractivity contribution in [2.75, 3.05) is 16.4 Å². The maximum absolute atomic E-state index is 11.6. The molecule has 0 saturated heterocycles. The van der Waals surface area contributed by atoms with Crippen LogP contribution in [0.25, 0.3) is 0 Å². The van der Waals surface area contributed by atoms with E-state index < -0.39 is 15.9 Å². The summed E-state index contributed by atoms with van der Waals surface area (Å²) in [4.78, 5) is 21.9. The van der Waals surface area contributed by atoms with Gasteiger partial charge in [-0.05, 0) is 37.6 Å². The van der Waals surface area contributed by atoms with Gasteiger partial charge in [-0.2, -0.15) is 0 Å². The molecule has 0 fully saturated rings. The Labute approximate surface area is 182 Å². The van der Waals surface area contributed by atoms with Crippen LogP contribution in [0.4, 0.5) is 10.5 Å². The van der Waals surface area contributed by atoms with Crippen molar-refractivity contribution in [2.45, 2.75) is 33.7 Å². The number of hydrogen-bond donors (Lipinski definition) is 1. The van der Waals surface area contributed by atoms with Gasteiger partial charge in [0.2, 0.25) is 0 Å². The summed E-state index contributed by atoms with van der Waals surface area (Å²) in [5.41, 5.74) is 6.92. The number of fused-ring (bicyclic) bond motifs is 2. The lowest BCUT2D eigenvalue weighted by Crippen LogP contribution is -2.34. The Bertz CT molecular complexity index is 964. The van der Waals surface area contributed by atoms with Crippen LogP contribution in [-0.2, 0) is 21.2 Å². The number of aldehydes is 1. The second-order valence-corrected chi connectivity index (χ2v) is 9.13. The number of ether oxygens (including phenoxy) is 1. The zero-order chi connectivity index (χ0) is 22.7. The number of sulfone groups is 1. The van der Waals surface area contributed by atoms with Gasteiger partial charge in [0.25, 0.3) is 0 Å². The first-order chi connectivity index (χ1) is 14.2. The highest BCUT2D eigenvalue weighted by atomic mass is 35.5. The number of halogens is 1. The highest BCUT2D eigenvalue weighted by molar-refractivity contribution is 7.91. The van der Waals surface area contributed by atoms with Gasteiger partial charge in [0, 0.05) is 22.1 Å². The van der Waals surface area contributed by atoms with Gasteiger partial charge < -0.3 is 15.3 Å². The number of urea groups is 1. The number of rotatable bonds is 3. The summed E-state index contributed by atoms with van der Waals surface area (Å²) in [7, 11) is -2.67. The van der Waals surface area contributed by atoms with Crippen LogP contribution in [0.3, 0.4) is 0 Å². The molecule has 1 heterocycles. The molecule has 0 radical (unpaired) electrons. The minimum atomic E-state index is -2.67. The molecule has 9 heteroatoms. The van der Waals surface area contributed by atoms with Crippen LogP contribution in [-0.4, -0.2) is 32.2 Å². The molecule has 2 aromatic rings. The van der Waals surface area contributed by atoms with Gasteiger partial charge in [0.15, 0.2) is 5.75 Å². The van der Waals surface area contributed by atoms with Crippen molar-refractivity contribution < 1.29 is 22.7 Å². The first-order valence-electron chi connectivity index (χ1n) is 9.41. The van der Waals surface area contributed by atoms with Crippen LogP contribution in [0.2, 0.25) is 5.02 Å². The van der Waals surface area contributed by atoms with E-state index in [1.54, 1.807) is 25.1 Å². The number of para-hydroxylation sites is 1. The molecule has 0 aliphatic carbocycles. The van der Waals surface area contributed by atoms with Crippen molar-refractivity contribution in [2.24, 2.45) is 5.73 Å². The Morgan fingerprint density at radius 3 is 2.37 bits per heavy atom. The molecule has 2 N–H and O–H groups in total. The van der Waals surface area contributed by atoms with E-state index in [2.05, 4.69) is 0 Å². The van der Waals surface area contributed by atoms with Crippen LogP contribution in [0, 0.1) is 0 Å². The fraction of sp³-hybridized carbons (Fsp3) is 0.333. The van der Waals surface area contributed by atoms with Crippen LogP contribution in [0.1, 0.15) is 32.8 Å². The van der Waals surface area contributed by atoms with Gasteiger partial charge in [-0.25, -0.2) is 13.2 Å². The Balaban J connectivity index is 0.000000345. The third-order valence-corrected chi connectivity index (χ3v) is 6.10. The molecular formula is C21H27ClN2O5S. The zero-order valence-electron chi connectivity index (χ0n) is 17.3. The molecule has 1 aliphatic heterocycles. The second-order valence-electron chi connectivity index (χ2n) is 6.22. The lowest BCUT2D eigenvalue weighted by Gasteiger charge is -2.19. The van der Waals surface area contributed by atoms with E-state index in [0.29, 0.717) is 28.8 Å². The van der Waals surface area contributed by atoms with Crippen LogP contribution >= 0.6 is 11.6 Å². The molecular weight excluding hydrogens is 428 g/mol. The number of benzene rings is 2. The lowest BCUT2D eigenvalue weighted by atomic mass is 10.2. The van der Waals surface area contributed by atoms with E-state index in [0.717, 1.165) is 24.0 Å². The first kappa shape index (κ1) is 25.5. The molecule has 7 nitrogen and oxygen atoms in total. The number of nitrogens with two attached hydrogens (primary N) is 1. The van der Waals surface area contributed by atoms with E-state index in [1.807, 2.05) is 31.2 Å². The quantitative estimate of drug-likeness (QED) is 0.683. The molecule has 30 heavy (non-hydrogen) atoms. The minimum absolute atomic E-state index is 0.279. The smallest absolute Gasteiger partial charge is 0.319 e. The third kappa shape index (κ3) is 7.68. The van der Waals surface area contributed by atoms with Crippen molar-refractivity contribution >= 4 is 39.4 Å². The standard InChI is InChI=1S/C14H11ClN2O2.C5H12O2S.C2H4O/c15-10-5-6-13-11(7-10)17(14(16)18)8-9-3-1-2-4-12(9)19-13;1-3-5-8(6,7)4-2;1-2-3/h1-7H,8H2,(H2,16,18);3-5H2,1-2H3;2H,1H3.